The van der Waals surface area contributed by atoms with E-state index in [4.69, 9.17) is 10.5 Å². The first-order valence-corrected chi connectivity index (χ1v) is 7.74. The molecule has 0 spiro atoms. The van der Waals surface area contributed by atoms with E-state index in [1.165, 1.54) is 0 Å². The first kappa shape index (κ1) is 15.2. The van der Waals surface area contributed by atoms with Gasteiger partial charge in [-0.1, -0.05) is 13.8 Å². The van der Waals surface area contributed by atoms with Crippen molar-refractivity contribution < 1.29 is 4.74 Å². The van der Waals surface area contributed by atoms with Crippen molar-refractivity contribution in [3.63, 3.8) is 0 Å². The maximum absolute atomic E-state index is 6.08. The molecule has 0 saturated heterocycles. The second kappa shape index (κ2) is 6.48. The summed E-state index contributed by atoms with van der Waals surface area (Å²) in [5.74, 6) is 2.59. The lowest BCUT2D eigenvalue weighted by molar-refractivity contribution is -0.0838. The minimum Gasteiger partial charge on any atom is -0.368 e. The Hall–Kier alpha value is -1.23. The molecule has 0 unspecified atom stereocenters. The van der Waals surface area contributed by atoms with Gasteiger partial charge in [0, 0.05) is 13.0 Å². The number of ether oxygens (including phenoxy) is 1. The van der Waals surface area contributed by atoms with Crippen LogP contribution in [0.4, 0.5) is 5.95 Å². The third-order valence-electron chi connectivity index (χ3n) is 4.08. The van der Waals surface area contributed by atoms with Crippen molar-refractivity contribution in [2.75, 3.05) is 12.3 Å². The number of hydrogen-bond acceptors (Lipinski definition) is 5. The summed E-state index contributed by atoms with van der Waals surface area (Å²) < 4.78 is 6.08. The molecule has 1 aromatic rings. The van der Waals surface area contributed by atoms with E-state index in [1.54, 1.807) is 0 Å². The molecule has 0 radical (unpaired) electrons. The van der Waals surface area contributed by atoms with E-state index in [1.807, 2.05) is 6.92 Å². The molecule has 2 rings (SSSR count). The normalized spacial score (nSPS) is 26.6. The van der Waals surface area contributed by atoms with Gasteiger partial charge in [-0.15, -0.1) is 0 Å². The molecule has 5 nitrogen and oxygen atoms in total. The lowest BCUT2D eigenvalue weighted by Gasteiger charge is -2.37. The van der Waals surface area contributed by atoms with E-state index in [9.17, 15) is 0 Å². The van der Waals surface area contributed by atoms with Gasteiger partial charge >= 0.3 is 0 Å². The molecule has 20 heavy (non-hydrogen) atoms. The molecular weight excluding hydrogens is 252 g/mol. The van der Waals surface area contributed by atoms with Crippen LogP contribution in [0.25, 0.3) is 0 Å². The fourth-order valence-electron chi connectivity index (χ4n) is 2.91. The Morgan fingerprint density at radius 1 is 1.20 bits per heavy atom. The molecule has 2 N–H and O–H groups in total. The van der Waals surface area contributed by atoms with E-state index in [0.29, 0.717) is 12.6 Å². The molecule has 1 aliphatic rings. The summed E-state index contributed by atoms with van der Waals surface area (Å²) in [6.07, 6.45) is 6.07. The number of rotatable bonds is 5. The van der Waals surface area contributed by atoms with Gasteiger partial charge in [-0.05, 0) is 44.9 Å². The topological polar surface area (TPSA) is 73.9 Å². The van der Waals surface area contributed by atoms with Crippen molar-refractivity contribution in [3.8, 4) is 0 Å². The van der Waals surface area contributed by atoms with Crippen LogP contribution in [-0.2, 0) is 16.8 Å². The predicted octanol–water partition coefficient (Wildman–Crippen LogP) is 2.85. The molecule has 1 saturated carbocycles. The second-order valence-electron chi connectivity index (χ2n) is 5.79. The Labute approximate surface area is 121 Å². The van der Waals surface area contributed by atoms with Crippen LogP contribution in [0.3, 0.4) is 0 Å². The predicted molar refractivity (Wildman–Crippen MR) is 79.2 cm³/mol. The highest BCUT2D eigenvalue weighted by molar-refractivity contribution is 5.19. The Kier molecular flexibility index (Phi) is 4.91. The molecular formula is C15H26N4O. The minimum absolute atomic E-state index is 0.316. The Morgan fingerprint density at radius 3 is 2.50 bits per heavy atom. The average molecular weight is 278 g/mol. The number of anilines is 1. The molecule has 1 heterocycles. The smallest absolute Gasteiger partial charge is 0.223 e. The SMILES string of the molecule is CCCc1nc(N)nc(C2(OCC)CCC(C)CC2)n1. The first-order chi connectivity index (χ1) is 9.59. The molecule has 0 atom stereocenters. The molecule has 0 bridgehead atoms. The van der Waals surface area contributed by atoms with Crippen LogP contribution in [-0.4, -0.2) is 21.6 Å². The zero-order valence-electron chi connectivity index (χ0n) is 12.9. The van der Waals surface area contributed by atoms with Gasteiger partial charge in [0.2, 0.25) is 5.95 Å². The van der Waals surface area contributed by atoms with Gasteiger partial charge in [-0.25, -0.2) is 4.98 Å². The molecule has 0 aliphatic heterocycles. The van der Waals surface area contributed by atoms with Crippen LogP contribution >= 0.6 is 0 Å². The van der Waals surface area contributed by atoms with Gasteiger partial charge in [0.25, 0.3) is 0 Å². The Bertz CT molecular complexity index is 441. The molecule has 112 valence electrons. The Balaban J connectivity index is 2.33. The number of nitrogens with zero attached hydrogens (tertiary/aromatic N) is 3. The monoisotopic (exact) mass is 278 g/mol. The van der Waals surface area contributed by atoms with Gasteiger partial charge in [0.15, 0.2) is 5.82 Å². The van der Waals surface area contributed by atoms with Crippen molar-refractivity contribution in [1.29, 1.82) is 0 Å². The summed E-state index contributed by atoms with van der Waals surface area (Å²) in [4.78, 5) is 13.2. The molecule has 1 aromatic heterocycles. The van der Waals surface area contributed by atoms with Crippen LogP contribution in [0, 0.1) is 5.92 Å². The quantitative estimate of drug-likeness (QED) is 0.896. The van der Waals surface area contributed by atoms with Crippen molar-refractivity contribution in [2.24, 2.45) is 5.92 Å². The number of aromatic nitrogens is 3. The van der Waals surface area contributed by atoms with Crippen LogP contribution in [0.5, 0.6) is 0 Å². The number of nitrogens with two attached hydrogens (primary N) is 1. The summed E-state index contributed by atoms with van der Waals surface area (Å²) in [5.41, 5.74) is 5.50. The number of aryl methyl sites for hydroxylation is 1. The zero-order valence-corrected chi connectivity index (χ0v) is 12.9. The number of hydrogen-bond donors (Lipinski definition) is 1. The van der Waals surface area contributed by atoms with Crippen molar-refractivity contribution in [3.05, 3.63) is 11.6 Å². The second-order valence-corrected chi connectivity index (χ2v) is 5.79. The van der Waals surface area contributed by atoms with Crippen LogP contribution in [0.15, 0.2) is 0 Å². The standard InChI is InChI=1S/C15H26N4O/c1-4-6-12-17-13(19-14(16)18-12)15(20-5-2)9-7-11(3)8-10-15/h11H,4-10H2,1-3H3,(H2,16,17,18,19). The number of nitrogen functional groups attached to an aromatic ring is 1. The lowest BCUT2D eigenvalue weighted by atomic mass is 9.79. The average Bonchev–Trinajstić information content (AvgIpc) is 2.42. The Morgan fingerprint density at radius 2 is 1.90 bits per heavy atom. The lowest BCUT2D eigenvalue weighted by Crippen LogP contribution is -2.37. The van der Waals surface area contributed by atoms with Crippen LogP contribution < -0.4 is 5.73 Å². The highest BCUT2D eigenvalue weighted by Gasteiger charge is 2.39. The van der Waals surface area contributed by atoms with Gasteiger partial charge in [0.1, 0.15) is 11.4 Å². The van der Waals surface area contributed by atoms with Gasteiger partial charge in [0.05, 0.1) is 0 Å². The van der Waals surface area contributed by atoms with E-state index in [2.05, 4.69) is 28.8 Å². The highest BCUT2D eigenvalue weighted by atomic mass is 16.5. The van der Waals surface area contributed by atoms with Crippen LogP contribution in [0.2, 0.25) is 0 Å². The first-order valence-electron chi connectivity index (χ1n) is 7.74. The molecule has 1 fully saturated rings. The van der Waals surface area contributed by atoms with E-state index in [0.717, 1.165) is 56.1 Å². The van der Waals surface area contributed by atoms with Crippen molar-refractivity contribution >= 4 is 5.95 Å². The fourth-order valence-corrected chi connectivity index (χ4v) is 2.91. The molecule has 0 aromatic carbocycles. The highest BCUT2D eigenvalue weighted by Crippen LogP contribution is 2.41. The molecule has 0 amide bonds. The molecule has 1 aliphatic carbocycles. The summed E-state index contributed by atoms with van der Waals surface area (Å²) in [7, 11) is 0. The summed E-state index contributed by atoms with van der Waals surface area (Å²) in [6, 6.07) is 0. The van der Waals surface area contributed by atoms with E-state index in [-0.39, 0.29) is 5.60 Å². The van der Waals surface area contributed by atoms with Gasteiger partial charge in [-0.3, -0.25) is 0 Å². The van der Waals surface area contributed by atoms with Crippen LogP contribution in [0.1, 0.15) is 64.5 Å². The summed E-state index contributed by atoms with van der Waals surface area (Å²) in [5, 5.41) is 0. The minimum atomic E-state index is -0.360. The fraction of sp³-hybridized carbons (Fsp3) is 0.800. The van der Waals surface area contributed by atoms with Crippen molar-refractivity contribution in [2.45, 2.75) is 64.9 Å². The summed E-state index contributed by atoms with van der Waals surface area (Å²) in [6.45, 7) is 7.10. The maximum Gasteiger partial charge on any atom is 0.223 e. The summed E-state index contributed by atoms with van der Waals surface area (Å²) >= 11 is 0. The maximum atomic E-state index is 6.08. The zero-order chi connectivity index (χ0) is 14.6. The third kappa shape index (κ3) is 3.26. The van der Waals surface area contributed by atoms with Gasteiger partial charge < -0.3 is 10.5 Å². The third-order valence-corrected chi connectivity index (χ3v) is 4.08. The van der Waals surface area contributed by atoms with Crippen molar-refractivity contribution in [1.82, 2.24) is 15.0 Å². The molecule has 5 heteroatoms. The van der Waals surface area contributed by atoms with E-state index < -0.39 is 0 Å². The largest absolute Gasteiger partial charge is 0.368 e. The van der Waals surface area contributed by atoms with Gasteiger partial charge in [-0.2, -0.15) is 9.97 Å². The van der Waals surface area contributed by atoms with E-state index >= 15 is 0 Å².